The number of benzene rings is 3. The molecule has 2 saturated heterocycles. The van der Waals surface area contributed by atoms with Crippen LogP contribution in [-0.4, -0.2) is 81.8 Å². The Morgan fingerprint density at radius 1 is 0.823 bits per heavy atom. The lowest BCUT2D eigenvalue weighted by Gasteiger charge is -2.29. The molecule has 3 aliphatic rings. The van der Waals surface area contributed by atoms with Crippen LogP contribution in [0.5, 0.6) is 5.75 Å². The molecule has 0 saturated carbocycles. The number of rotatable bonds is 10. The predicted octanol–water partition coefficient (Wildman–Crippen LogP) is 8.10. The van der Waals surface area contributed by atoms with Crippen molar-refractivity contribution in [3.63, 3.8) is 0 Å². The standard InChI is InChI=1S/C46H52N6O5.5H2S/c1-28(2)30(5)44(53)51-22-10-13-40(51)39-24-34(26-47-39)33-19-16-31(17-20-33)14-15-32-18-21-37-38(23-32)49-43(48-37)41-25-36(57-35-11-8-7-9-12-35)27-52(41)45(54)42(29(3)4)50-46(55)56-6;;;;;/h7-9,11-12,16-21,23,26,28-30,36,40-42H,10,13,22,24-25,27H2,1-6H3,(H,48,49)(H,50,55);5*1H2/t30-,36+,40-,41-,42-;;;;;/m0...../s1. The van der Waals surface area contributed by atoms with Crippen molar-refractivity contribution in [2.24, 2.45) is 22.7 Å². The molecule has 3 aliphatic heterocycles. The van der Waals surface area contributed by atoms with Gasteiger partial charge in [-0.2, -0.15) is 67.5 Å². The fourth-order valence-electron chi connectivity index (χ4n) is 7.88. The molecule has 0 bridgehead atoms. The Hall–Kier alpha value is -4.14. The molecule has 4 aromatic rings. The van der Waals surface area contributed by atoms with Crippen LogP contribution in [0.3, 0.4) is 0 Å². The Morgan fingerprint density at radius 3 is 2.16 bits per heavy atom. The maximum Gasteiger partial charge on any atom is 0.407 e. The minimum absolute atomic E-state index is 0. The molecule has 1 aromatic heterocycles. The van der Waals surface area contributed by atoms with E-state index in [2.05, 4.69) is 53.0 Å². The normalized spacial score (nSPS) is 18.6. The van der Waals surface area contributed by atoms with Crippen molar-refractivity contribution in [3.8, 4) is 17.6 Å². The zero-order chi connectivity index (χ0) is 40.2. The Morgan fingerprint density at radius 2 is 1.50 bits per heavy atom. The first-order valence-electron chi connectivity index (χ1n) is 20.0. The number of methoxy groups -OCH3 is 1. The van der Waals surface area contributed by atoms with Gasteiger partial charge in [0.1, 0.15) is 23.7 Å². The number of nitrogens with one attached hydrogen (secondary N) is 2. The Bertz CT molecular complexity index is 2260. The number of aliphatic imine (C=N–C) groups is 1. The monoisotopic (exact) mass is 938 g/mol. The summed E-state index contributed by atoms with van der Waals surface area (Å²) in [6.45, 7) is 11.2. The van der Waals surface area contributed by atoms with Crippen molar-refractivity contribution in [2.45, 2.75) is 84.5 Å². The van der Waals surface area contributed by atoms with Crippen LogP contribution < -0.4 is 10.1 Å². The lowest BCUT2D eigenvalue weighted by Crippen LogP contribution is -2.51. The van der Waals surface area contributed by atoms with Gasteiger partial charge in [0.15, 0.2) is 0 Å². The van der Waals surface area contributed by atoms with E-state index in [1.165, 1.54) is 7.11 Å². The molecule has 62 heavy (non-hydrogen) atoms. The number of allylic oxidation sites excluding steroid dienone is 1. The maximum absolute atomic E-state index is 14.1. The minimum Gasteiger partial charge on any atom is -0.488 e. The van der Waals surface area contributed by atoms with E-state index >= 15 is 0 Å². The average Bonchev–Trinajstić information content (AvgIpc) is 4.04. The summed E-state index contributed by atoms with van der Waals surface area (Å²) in [5, 5.41) is 2.72. The second-order valence-corrected chi connectivity index (χ2v) is 16.0. The lowest BCUT2D eigenvalue weighted by atomic mass is 9.94. The van der Waals surface area contributed by atoms with Crippen LogP contribution in [-0.2, 0) is 14.3 Å². The Balaban J connectivity index is 0.00000265. The number of carbonyl (C=O) groups is 3. The van der Waals surface area contributed by atoms with Gasteiger partial charge >= 0.3 is 6.09 Å². The van der Waals surface area contributed by atoms with Crippen LogP contribution in [0.15, 0.2) is 84.0 Å². The number of alkyl carbamates (subject to hydrolysis) is 1. The van der Waals surface area contributed by atoms with Gasteiger partial charge in [0.25, 0.3) is 0 Å². The van der Waals surface area contributed by atoms with E-state index in [-0.39, 0.29) is 103 Å². The predicted molar refractivity (Wildman–Crippen MR) is 273 cm³/mol. The maximum atomic E-state index is 14.1. The highest BCUT2D eigenvalue weighted by Gasteiger charge is 2.43. The van der Waals surface area contributed by atoms with E-state index in [0.717, 1.165) is 70.6 Å². The number of H-pyrrole nitrogens is 1. The summed E-state index contributed by atoms with van der Waals surface area (Å²) >= 11 is 0. The quantitative estimate of drug-likeness (QED) is 0.155. The molecule has 0 unspecified atom stereocenters. The number of ether oxygens (including phenoxy) is 2. The highest BCUT2D eigenvalue weighted by Crippen LogP contribution is 2.35. The first-order valence-corrected chi connectivity index (χ1v) is 20.0. The highest BCUT2D eigenvalue weighted by molar-refractivity contribution is 7.60. The second kappa shape index (κ2) is 24.1. The van der Waals surface area contributed by atoms with E-state index in [0.29, 0.717) is 24.7 Å². The van der Waals surface area contributed by atoms with Crippen molar-refractivity contribution >= 4 is 108 Å². The molecule has 11 nitrogen and oxygen atoms in total. The van der Waals surface area contributed by atoms with Gasteiger partial charge in [0.05, 0.1) is 36.8 Å². The molecule has 336 valence electrons. The average molecular weight is 939 g/mol. The summed E-state index contributed by atoms with van der Waals surface area (Å²) in [6.07, 6.45) is 4.27. The summed E-state index contributed by atoms with van der Waals surface area (Å²) < 4.78 is 11.1. The Labute approximate surface area is 400 Å². The minimum atomic E-state index is -0.783. The highest BCUT2D eigenvalue weighted by atomic mass is 32.1. The first-order chi connectivity index (χ1) is 27.5. The van der Waals surface area contributed by atoms with E-state index in [9.17, 15) is 14.4 Å². The smallest absolute Gasteiger partial charge is 0.407 e. The number of hydrogen-bond donors (Lipinski definition) is 2. The van der Waals surface area contributed by atoms with Crippen LogP contribution >= 0.6 is 67.5 Å². The third-order valence-electron chi connectivity index (χ3n) is 11.5. The SMILES string of the molecule is COC(=O)N[C@H](C(=O)N1C[C@H](Oc2ccccc2)C[C@H]1c1nc2ccc(C#Cc3ccc(C4=CN=C([C@@H]5CCCN5C(=O)[C@@H](C)C(C)C)C4)cc3)cc2[nH]1)C(C)C.S.S.S.S.S. The van der Waals surface area contributed by atoms with Gasteiger partial charge in [0, 0.05) is 48.3 Å². The number of aromatic nitrogens is 2. The number of likely N-dealkylation sites (tertiary alicyclic amines) is 2. The number of aromatic amines is 1. The third-order valence-corrected chi connectivity index (χ3v) is 11.5. The number of imidazole rings is 1. The number of hydrogen-bond acceptors (Lipinski definition) is 7. The van der Waals surface area contributed by atoms with Crippen molar-refractivity contribution in [1.29, 1.82) is 0 Å². The molecule has 0 spiro atoms. The number of fused-ring (bicyclic) bond motifs is 1. The number of amides is 3. The van der Waals surface area contributed by atoms with E-state index < -0.39 is 18.2 Å². The second-order valence-electron chi connectivity index (χ2n) is 16.0. The van der Waals surface area contributed by atoms with Crippen molar-refractivity contribution in [2.75, 3.05) is 20.2 Å². The molecule has 5 atom stereocenters. The van der Waals surface area contributed by atoms with Crippen LogP contribution in [0.2, 0.25) is 0 Å². The molecule has 4 heterocycles. The van der Waals surface area contributed by atoms with Crippen LogP contribution in [0, 0.1) is 29.6 Å². The van der Waals surface area contributed by atoms with Crippen LogP contribution in [0.1, 0.15) is 88.9 Å². The van der Waals surface area contributed by atoms with E-state index in [1.54, 1.807) is 4.90 Å². The molecule has 2 fully saturated rings. The molecule has 3 aromatic carbocycles. The first kappa shape index (κ1) is 54.0. The van der Waals surface area contributed by atoms with Gasteiger partial charge in [-0.15, -0.1) is 0 Å². The fourth-order valence-corrected chi connectivity index (χ4v) is 7.88. The topological polar surface area (TPSA) is 129 Å². The fraction of sp³-hybridized carbons (Fsp3) is 0.413. The molecule has 7 rings (SSSR count). The largest absolute Gasteiger partial charge is 0.488 e. The van der Waals surface area contributed by atoms with Gasteiger partial charge in [-0.1, -0.05) is 76.8 Å². The summed E-state index contributed by atoms with van der Waals surface area (Å²) in [5.41, 5.74) is 6.63. The summed E-state index contributed by atoms with van der Waals surface area (Å²) in [6, 6.07) is 22.5. The van der Waals surface area contributed by atoms with Crippen molar-refractivity contribution in [3.05, 3.63) is 102 Å². The molecule has 3 amide bonds. The molecular formula is C46H62N6O5S5. The van der Waals surface area contributed by atoms with Crippen molar-refractivity contribution < 1.29 is 23.9 Å². The lowest BCUT2D eigenvalue weighted by molar-refractivity contribution is -0.136. The van der Waals surface area contributed by atoms with E-state index in [1.807, 2.05) is 87.6 Å². The van der Waals surface area contributed by atoms with Gasteiger partial charge in [-0.05, 0) is 78.3 Å². The summed E-state index contributed by atoms with van der Waals surface area (Å²) in [4.78, 5) is 56.5. The molecular weight excluding hydrogens is 877 g/mol. The molecule has 0 radical (unpaired) electrons. The summed E-state index contributed by atoms with van der Waals surface area (Å²) in [5.74, 6) is 8.12. The zero-order valence-electron chi connectivity index (χ0n) is 36.1. The van der Waals surface area contributed by atoms with Crippen LogP contribution in [0.25, 0.3) is 16.6 Å². The van der Waals surface area contributed by atoms with Gasteiger partial charge < -0.3 is 29.6 Å². The number of para-hydroxylation sites is 1. The third kappa shape index (κ3) is 12.3. The molecule has 0 aliphatic carbocycles. The van der Waals surface area contributed by atoms with Gasteiger partial charge in [0.2, 0.25) is 11.8 Å². The van der Waals surface area contributed by atoms with Gasteiger partial charge in [-0.3, -0.25) is 14.6 Å². The molecule has 16 heteroatoms. The Kier molecular flexibility index (Phi) is 21.0. The summed E-state index contributed by atoms with van der Waals surface area (Å²) in [7, 11) is 1.28. The van der Waals surface area contributed by atoms with Crippen molar-refractivity contribution in [1.82, 2.24) is 25.1 Å². The molecule has 2 N–H and O–H groups in total. The number of carbonyl (C=O) groups excluding carboxylic acids is 3. The number of nitrogens with zero attached hydrogens (tertiary/aromatic N) is 4. The van der Waals surface area contributed by atoms with Gasteiger partial charge in [-0.25, -0.2) is 9.78 Å². The van der Waals surface area contributed by atoms with Crippen LogP contribution in [0.4, 0.5) is 4.79 Å². The zero-order valence-corrected chi connectivity index (χ0v) is 41.1. The van der Waals surface area contributed by atoms with E-state index in [4.69, 9.17) is 19.5 Å².